The monoisotopic (exact) mass is 445 g/mol. The summed E-state index contributed by atoms with van der Waals surface area (Å²) in [7, 11) is 1.58. The van der Waals surface area contributed by atoms with E-state index in [0.29, 0.717) is 13.0 Å². The first-order valence-electron chi connectivity index (χ1n) is 8.86. The van der Waals surface area contributed by atoms with Crippen LogP contribution in [0.5, 0.6) is 0 Å². The zero-order valence-electron chi connectivity index (χ0n) is 17.0. The SMILES string of the molecule is COC(C)(C)CCOC(C)(C)CCN(Cc1c(F)c(F)c(F)c(F)c1F)C(=O)Cl. The quantitative estimate of drug-likeness (QED) is 0.156. The molecule has 1 aromatic rings. The summed E-state index contributed by atoms with van der Waals surface area (Å²) in [6.45, 7) is 6.61. The average Bonchev–Trinajstić information content (AvgIpc) is 2.63. The summed E-state index contributed by atoms with van der Waals surface area (Å²) in [5.74, 6) is -10.4. The van der Waals surface area contributed by atoms with Crippen molar-refractivity contribution in [1.82, 2.24) is 4.90 Å². The van der Waals surface area contributed by atoms with E-state index >= 15 is 0 Å². The highest BCUT2D eigenvalue weighted by Crippen LogP contribution is 2.26. The number of ether oxygens (including phenoxy) is 2. The molecule has 0 aliphatic heterocycles. The maximum atomic E-state index is 13.9. The molecule has 29 heavy (non-hydrogen) atoms. The second-order valence-corrected chi connectivity index (χ2v) is 8.12. The van der Waals surface area contributed by atoms with Gasteiger partial charge in [0.2, 0.25) is 5.82 Å². The van der Waals surface area contributed by atoms with Crippen molar-refractivity contribution in [2.45, 2.75) is 58.3 Å². The van der Waals surface area contributed by atoms with Crippen molar-refractivity contribution in [1.29, 1.82) is 0 Å². The van der Waals surface area contributed by atoms with Crippen LogP contribution in [-0.2, 0) is 16.0 Å². The molecule has 166 valence electrons. The number of hydrogen-bond donors (Lipinski definition) is 0. The number of amides is 1. The van der Waals surface area contributed by atoms with Crippen LogP contribution in [-0.4, -0.2) is 41.7 Å². The summed E-state index contributed by atoms with van der Waals surface area (Å²) in [5.41, 5.74) is -2.26. The number of methoxy groups -OCH3 is 1. The Kier molecular flexibility index (Phi) is 8.86. The normalized spacial score (nSPS) is 12.4. The van der Waals surface area contributed by atoms with Crippen molar-refractivity contribution >= 4 is 17.0 Å². The van der Waals surface area contributed by atoms with Crippen LogP contribution < -0.4 is 0 Å². The summed E-state index contributed by atoms with van der Waals surface area (Å²) in [4.78, 5) is 12.4. The van der Waals surface area contributed by atoms with Crippen LogP contribution in [0, 0.1) is 29.1 Å². The molecule has 1 aromatic carbocycles. The van der Waals surface area contributed by atoms with Crippen LogP contribution in [0.3, 0.4) is 0 Å². The number of carbonyl (C=O) groups excluding carboxylic acids is 1. The molecule has 0 saturated carbocycles. The Labute approximate surface area is 171 Å². The number of hydrogen-bond acceptors (Lipinski definition) is 3. The zero-order chi connectivity index (χ0) is 22.6. The third kappa shape index (κ3) is 7.08. The van der Waals surface area contributed by atoms with Gasteiger partial charge in [0.15, 0.2) is 23.3 Å². The number of nitrogens with zero attached hydrogens (tertiary/aromatic N) is 1. The van der Waals surface area contributed by atoms with Crippen molar-refractivity contribution < 1.29 is 36.2 Å². The predicted octanol–water partition coefficient (Wildman–Crippen LogP) is 5.54. The van der Waals surface area contributed by atoms with Gasteiger partial charge in [-0.2, -0.15) is 0 Å². The molecule has 0 N–H and O–H groups in total. The third-order valence-electron chi connectivity index (χ3n) is 4.63. The first-order chi connectivity index (χ1) is 13.2. The van der Waals surface area contributed by atoms with E-state index < -0.39 is 52.2 Å². The van der Waals surface area contributed by atoms with Gasteiger partial charge < -0.3 is 14.4 Å². The van der Waals surface area contributed by atoms with Crippen molar-refractivity contribution in [3.8, 4) is 0 Å². The van der Waals surface area contributed by atoms with Crippen molar-refractivity contribution in [3.05, 3.63) is 34.6 Å². The van der Waals surface area contributed by atoms with Crippen LogP contribution in [0.25, 0.3) is 0 Å². The van der Waals surface area contributed by atoms with Gasteiger partial charge in [0.25, 0.3) is 0 Å². The average molecular weight is 446 g/mol. The lowest BCUT2D eigenvalue weighted by Crippen LogP contribution is -2.36. The minimum absolute atomic E-state index is 0.123. The Morgan fingerprint density at radius 2 is 1.38 bits per heavy atom. The lowest BCUT2D eigenvalue weighted by Gasteiger charge is -2.31. The smallest absolute Gasteiger partial charge is 0.316 e. The fourth-order valence-electron chi connectivity index (χ4n) is 2.36. The van der Waals surface area contributed by atoms with Crippen LogP contribution in [0.2, 0.25) is 0 Å². The largest absolute Gasteiger partial charge is 0.379 e. The van der Waals surface area contributed by atoms with Gasteiger partial charge in [0.05, 0.1) is 24.4 Å². The van der Waals surface area contributed by atoms with E-state index in [1.165, 1.54) is 0 Å². The van der Waals surface area contributed by atoms with Crippen molar-refractivity contribution in [3.63, 3.8) is 0 Å². The van der Waals surface area contributed by atoms with E-state index in [1.807, 2.05) is 13.8 Å². The van der Waals surface area contributed by atoms with Crippen molar-refractivity contribution in [2.75, 3.05) is 20.3 Å². The molecule has 0 heterocycles. The topological polar surface area (TPSA) is 38.8 Å². The molecule has 0 fully saturated rings. The molecule has 0 atom stereocenters. The standard InChI is InChI=1S/C19H25ClF5NO3/c1-18(2,28-5)7-9-29-19(3,4)6-8-26(17(20)27)10-11-12(21)14(23)16(25)15(24)13(11)22/h6-10H2,1-5H3. The minimum atomic E-state index is -2.26. The Hall–Kier alpha value is -1.45. The van der Waals surface area contributed by atoms with Gasteiger partial charge in [0.1, 0.15) is 0 Å². The molecule has 0 aliphatic carbocycles. The lowest BCUT2D eigenvalue weighted by molar-refractivity contribution is -0.0627. The first-order valence-corrected chi connectivity index (χ1v) is 9.24. The van der Waals surface area contributed by atoms with Gasteiger partial charge in [-0.25, -0.2) is 22.0 Å². The molecular weight excluding hydrogens is 421 g/mol. The van der Waals surface area contributed by atoms with Crippen LogP contribution in [0.1, 0.15) is 46.1 Å². The fourth-order valence-corrected chi connectivity index (χ4v) is 2.50. The summed E-state index contributed by atoms with van der Waals surface area (Å²) < 4.78 is 78.7. The second kappa shape index (κ2) is 10.0. The highest BCUT2D eigenvalue weighted by atomic mass is 35.5. The molecule has 4 nitrogen and oxygen atoms in total. The molecule has 10 heteroatoms. The van der Waals surface area contributed by atoms with Gasteiger partial charge in [-0.15, -0.1) is 0 Å². The summed E-state index contributed by atoms with van der Waals surface area (Å²) in [5, 5.41) is -1.09. The van der Waals surface area contributed by atoms with Gasteiger partial charge in [-0.05, 0) is 52.1 Å². The van der Waals surface area contributed by atoms with E-state index in [2.05, 4.69) is 0 Å². The second-order valence-electron chi connectivity index (χ2n) is 7.79. The van der Waals surface area contributed by atoms with E-state index in [4.69, 9.17) is 21.1 Å². The fraction of sp³-hybridized carbons (Fsp3) is 0.632. The van der Waals surface area contributed by atoms with E-state index in [9.17, 15) is 26.7 Å². The predicted molar refractivity (Wildman–Crippen MR) is 98.2 cm³/mol. The van der Waals surface area contributed by atoms with E-state index in [-0.39, 0.29) is 18.6 Å². The lowest BCUT2D eigenvalue weighted by atomic mass is 10.0. The van der Waals surface area contributed by atoms with Crippen LogP contribution >= 0.6 is 11.6 Å². The maximum Gasteiger partial charge on any atom is 0.316 e. The maximum absolute atomic E-state index is 13.9. The van der Waals surface area contributed by atoms with Gasteiger partial charge in [-0.1, -0.05) is 0 Å². The Bertz CT molecular complexity index is 714. The molecule has 0 bridgehead atoms. The molecule has 0 spiro atoms. The highest BCUT2D eigenvalue weighted by Gasteiger charge is 2.29. The molecular formula is C19H25ClF5NO3. The molecule has 0 aliphatic rings. The Morgan fingerprint density at radius 3 is 1.83 bits per heavy atom. The number of benzene rings is 1. The molecule has 0 unspecified atom stereocenters. The highest BCUT2D eigenvalue weighted by molar-refractivity contribution is 6.62. The van der Waals surface area contributed by atoms with E-state index in [1.54, 1.807) is 21.0 Å². The zero-order valence-corrected chi connectivity index (χ0v) is 17.7. The molecule has 1 rings (SSSR count). The molecule has 0 aromatic heterocycles. The third-order valence-corrected chi connectivity index (χ3v) is 4.87. The summed E-state index contributed by atoms with van der Waals surface area (Å²) in [6.07, 6.45) is 0.796. The number of carbonyl (C=O) groups is 1. The first kappa shape index (κ1) is 25.6. The Morgan fingerprint density at radius 1 is 0.897 bits per heavy atom. The van der Waals surface area contributed by atoms with Crippen molar-refractivity contribution in [2.24, 2.45) is 0 Å². The van der Waals surface area contributed by atoms with Gasteiger partial charge in [-0.3, -0.25) is 4.79 Å². The molecule has 1 amide bonds. The molecule has 0 radical (unpaired) electrons. The molecule has 0 saturated heterocycles. The van der Waals surface area contributed by atoms with Crippen LogP contribution in [0.15, 0.2) is 0 Å². The summed E-state index contributed by atoms with van der Waals surface area (Å²) in [6, 6.07) is 0. The Balaban J connectivity index is 2.85. The number of halogens is 6. The van der Waals surface area contributed by atoms with Crippen LogP contribution in [0.4, 0.5) is 26.7 Å². The minimum Gasteiger partial charge on any atom is -0.379 e. The van der Waals surface area contributed by atoms with E-state index in [0.717, 1.165) is 4.90 Å². The van der Waals surface area contributed by atoms with Gasteiger partial charge >= 0.3 is 5.37 Å². The number of rotatable bonds is 10. The van der Waals surface area contributed by atoms with Gasteiger partial charge in [0, 0.05) is 19.2 Å². The summed E-state index contributed by atoms with van der Waals surface area (Å²) >= 11 is 5.44.